The van der Waals surface area contributed by atoms with Gasteiger partial charge in [0.1, 0.15) is 0 Å². The summed E-state index contributed by atoms with van der Waals surface area (Å²) in [6, 6.07) is 9.05. The molecule has 1 aromatic heterocycles. The summed E-state index contributed by atoms with van der Waals surface area (Å²) in [5.74, 6) is -0.664. The van der Waals surface area contributed by atoms with Crippen LogP contribution in [0.25, 0.3) is 0 Å². The first kappa shape index (κ1) is 19.1. The molecule has 0 bridgehead atoms. The van der Waals surface area contributed by atoms with Crippen LogP contribution >= 0.6 is 11.3 Å². The Labute approximate surface area is 166 Å². The molecule has 3 heterocycles. The number of aryl methyl sites for hydroxylation is 2. The van der Waals surface area contributed by atoms with Crippen molar-refractivity contribution in [2.45, 2.75) is 78.0 Å². The van der Waals surface area contributed by atoms with Crippen molar-refractivity contribution in [3.63, 3.8) is 0 Å². The summed E-state index contributed by atoms with van der Waals surface area (Å²) in [4.78, 5) is 2.87. The summed E-state index contributed by atoms with van der Waals surface area (Å²) in [7, 11) is 0. The molecule has 27 heavy (non-hydrogen) atoms. The maximum Gasteiger partial charge on any atom is 0.198 e. The number of aliphatic hydroxyl groups excluding tert-OH is 1. The molecule has 0 saturated carbocycles. The smallest absolute Gasteiger partial charge is 0.198 e. The minimum absolute atomic E-state index is 0.0293. The quantitative estimate of drug-likeness (QED) is 0.795. The van der Waals surface area contributed by atoms with Crippen LogP contribution in [0, 0.1) is 12.8 Å². The highest BCUT2D eigenvalue weighted by Gasteiger charge is 2.49. The minimum Gasteiger partial charge on any atom is -0.393 e. The summed E-state index contributed by atoms with van der Waals surface area (Å²) < 4.78 is 12.5. The summed E-state index contributed by atoms with van der Waals surface area (Å²) in [6.07, 6.45) is 3.36. The molecule has 1 aromatic carbocycles. The van der Waals surface area contributed by atoms with Crippen LogP contribution < -0.4 is 0 Å². The summed E-state index contributed by atoms with van der Waals surface area (Å²) in [5, 5.41) is 10.6. The molecule has 3 nitrogen and oxygen atoms in total. The number of ether oxygens (including phenoxy) is 2. The highest BCUT2D eigenvalue weighted by molar-refractivity contribution is 7.12. The first-order valence-electron chi connectivity index (χ1n) is 10.1. The fourth-order valence-corrected chi connectivity index (χ4v) is 5.47. The van der Waals surface area contributed by atoms with E-state index in [-0.39, 0.29) is 12.0 Å². The van der Waals surface area contributed by atoms with E-state index in [1.54, 1.807) is 0 Å². The Morgan fingerprint density at radius 3 is 2.74 bits per heavy atom. The van der Waals surface area contributed by atoms with Crippen molar-refractivity contribution in [2.75, 3.05) is 0 Å². The second-order valence-electron chi connectivity index (χ2n) is 8.23. The van der Waals surface area contributed by atoms with Gasteiger partial charge in [-0.05, 0) is 55.2 Å². The van der Waals surface area contributed by atoms with Crippen molar-refractivity contribution in [1.29, 1.82) is 0 Å². The first-order chi connectivity index (χ1) is 12.9. The lowest BCUT2D eigenvalue weighted by atomic mass is 9.85. The Morgan fingerprint density at radius 2 is 2.00 bits per heavy atom. The number of benzene rings is 1. The van der Waals surface area contributed by atoms with Crippen molar-refractivity contribution in [2.24, 2.45) is 5.92 Å². The molecule has 4 heteroatoms. The third-order valence-corrected chi connectivity index (χ3v) is 7.36. The lowest BCUT2D eigenvalue weighted by Gasteiger charge is -2.43. The number of aliphatic hydroxyl groups is 1. The van der Waals surface area contributed by atoms with E-state index >= 15 is 0 Å². The van der Waals surface area contributed by atoms with E-state index in [1.165, 1.54) is 32.9 Å². The Balaban J connectivity index is 1.65. The highest BCUT2D eigenvalue weighted by Crippen LogP contribution is 2.47. The molecular weight excluding hydrogens is 356 g/mol. The van der Waals surface area contributed by atoms with Crippen LogP contribution in [0.5, 0.6) is 0 Å². The highest BCUT2D eigenvalue weighted by atomic mass is 32.1. The molecule has 146 valence electrons. The molecule has 4 rings (SSSR count). The number of fused-ring (bicyclic) bond motifs is 2. The Kier molecular flexibility index (Phi) is 5.19. The van der Waals surface area contributed by atoms with E-state index in [4.69, 9.17) is 9.47 Å². The van der Waals surface area contributed by atoms with Gasteiger partial charge in [-0.25, -0.2) is 0 Å². The third-order valence-electron chi connectivity index (χ3n) is 6.21. The molecule has 1 unspecified atom stereocenters. The predicted octanol–water partition coefficient (Wildman–Crippen LogP) is 5.09. The van der Waals surface area contributed by atoms with Gasteiger partial charge in [-0.15, -0.1) is 11.3 Å². The Bertz CT molecular complexity index is 813. The fraction of sp³-hybridized carbons (Fsp3) is 0.565. The van der Waals surface area contributed by atoms with Crippen LogP contribution in [-0.4, -0.2) is 17.3 Å². The molecule has 1 saturated heterocycles. The molecule has 2 aromatic rings. The molecule has 0 amide bonds. The van der Waals surface area contributed by atoms with Gasteiger partial charge < -0.3 is 14.6 Å². The van der Waals surface area contributed by atoms with Gasteiger partial charge >= 0.3 is 0 Å². The fourth-order valence-electron chi connectivity index (χ4n) is 4.33. The molecule has 4 atom stereocenters. The van der Waals surface area contributed by atoms with E-state index in [0.717, 1.165) is 18.4 Å². The number of hydrogen-bond donors (Lipinski definition) is 1. The number of hydrogen-bond acceptors (Lipinski definition) is 4. The van der Waals surface area contributed by atoms with Crippen molar-refractivity contribution in [3.8, 4) is 0 Å². The van der Waals surface area contributed by atoms with Crippen LogP contribution in [0.1, 0.15) is 65.6 Å². The van der Waals surface area contributed by atoms with Crippen molar-refractivity contribution >= 4 is 11.3 Å². The zero-order valence-electron chi connectivity index (χ0n) is 16.7. The minimum atomic E-state index is -0.786. The Hall–Kier alpha value is -1.20. The van der Waals surface area contributed by atoms with E-state index in [9.17, 15) is 5.11 Å². The largest absolute Gasteiger partial charge is 0.393 e. The molecule has 2 aliphatic rings. The van der Waals surface area contributed by atoms with Gasteiger partial charge in [-0.2, -0.15) is 0 Å². The second kappa shape index (κ2) is 7.32. The van der Waals surface area contributed by atoms with E-state index < -0.39 is 11.9 Å². The molecule has 1 spiro atoms. The van der Waals surface area contributed by atoms with Crippen LogP contribution in [0.3, 0.4) is 0 Å². The van der Waals surface area contributed by atoms with E-state index in [1.807, 2.05) is 25.2 Å². The van der Waals surface area contributed by atoms with Gasteiger partial charge in [0.2, 0.25) is 0 Å². The summed E-state index contributed by atoms with van der Waals surface area (Å²) in [6.45, 7) is 9.05. The molecule has 2 aliphatic heterocycles. The maximum atomic E-state index is 10.6. The lowest BCUT2D eigenvalue weighted by Crippen LogP contribution is -2.48. The van der Waals surface area contributed by atoms with Gasteiger partial charge in [0.25, 0.3) is 0 Å². The van der Waals surface area contributed by atoms with Gasteiger partial charge in [-0.1, -0.05) is 26.3 Å². The molecular formula is C23H30O3S. The number of thiophene rings is 1. The average Bonchev–Trinajstić information content (AvgIpc) is 3.19. The van der Waals surface area contributed by atoms with Crippen LogP contribution in [0.4, 0.5) is 0 Å². The third kappa shape index (κ3) is 3.49. The van der Waals surface area contributed by atoms with Crippen LogP contribution in [0.15, 0.2) is 24.3 Å². The molecule has 0 radical (unpaired) electrons. The molecule has 0 aliphatic carbocycles. The van der Waals surface area contributed by atoms with Crippen molar-refractivity contribution < 1.29 is 14.6 Å². The zero-order valence-corrected chi connectivity index (χ0v) is 17.6. The van der Waals surface area contributed by atoms with Crippen molar-refractivity contribution in [3.05, 3.63) is 56.3 Å². The van der Waals surface area contributed by atoms with Crippen LogP contribution in [-0.2, 0) is 34.7 Å². The summed E-state index contributed by atoms with van der Waals surface area (Å²) >= 11 is 1.92. The normalized spacial score (nSPS) is 30.0. The lowest BCUT2D eigenvalue weighted by molar-refractivity contribution is -0.308. The summed E-state index contributed by atoms with van der Waals surface area (Å²) in [5.41, 5.74) is 4.94. The van der Waals surface area contributed by atoms with Gasteiger partial charge in [0, 0.05) is 34.1 Å². The number of rotatable bonds is 4. The van der Waals surface area contributed by atoms with Gasteiger partial charge in [-0.3, -0.25) is 0 Å². The second-order valence-corrected chi connectivity index (χ2v) is 9.48. The monoisotopic (exact) mass is 386 g/mol. The first-order valence-corrected chi connectivity index (χ1v) is 10.9. The van der Waals surface area contributed by atoms with Gasteiger partial charge in [0.15, 0.2) is 5.79 Å². The van der Waals surface area contributed by atoms with Gasteiger partial charge in [0.05, 0.1) is 18.8 Å². The zero-order chi connectivity index (χ0) is 19.2. The SMILES string of the molecule is CCCc1ccc(Cc2cc3c(cc2C)CO[C@@]32C[C@@H](O)C(C)[C@@H](C)O2)s1. The molecule has 1 fully saturated rings. The predicted molar refractivity (Wildman–Crippen MR) is 109 cm³/mol. The topological polar surface area (TPSA) is 38.7 Å². The standard InChI is InChI=1S/C23H30O3S/c1-5-6-19-7-8-20(27-19)10-17-11-21-18(9-14(17)2)13-25-23(21)12-22(24)15(3)16(4)26-23/h7-9,11,15-16,22,24H,5-6,10,12-13H2,1-4H3/t15?,16-,22-,23-/m1/s1. The Morgan fingerprint density at radius 1 is 1.22 bits per heavy atom. The van der Waals surface area contributed by atoms with Crippen LogP contribution in [0.2, 0.25) is 0 Å². The van der Waals surface area contributed by atoms with Crippen molar-refractivity contribution in [1.82, 2.24) is 0 Å². The van der Waals surface area contributed by atoms with E-state index in [2.05, 4.69) is 38.1 Å². The molecule has 1 N–H and O–H groups in total. The maximum absolute atomic E-state index is 10.6. The van der Waals surface area contributed by atoms with E-state index in [0.29, 0.717) is 13.0 Å². The average molecular weight is 387 g/mol.